The lowest BCUT2D eigenvalue weighted by molar-refractivity contribution is -0.305. The van der Waals surface area contributed by atoms with Gasteiger partial charge in [-0.05, 0) is 57.8 Å². The molecule has 0 radical (unpaired) electrons. The summed E-state index contributed by atoms with van der Waals surface area (Å²) in [6.07, 6.45) is 46.1. The Bertz CT molecular complexity index is 1290. The number of aliphatic hydroxyl groups is 5. The van der Waals surface area contributed by atoms with Crippen LogP contribution in [0.25, 0.3) is 0 Å². The standard InChI is InChI=1S/C60H111NO10/c1-4-7-10-13-16-19-22-24-25-26-27-28-30-33-35-38-41-44-47-53(64)59(68)61-51(52(63)46-43-40-37-34-32-29-23-20-17-14-11-8-5-2)50-69-60-58(57(67)56(66)54(49-62)70-60)71-55(65)48-45-42-39-36-31-21-18-15-12-9-6-3/h16,19,24-25,43,46,51-54,56-58,60,62-64,66-67H,4-15,17-18,20-23,26-42,44-45,47-50H2,1-3H3,(H,61,68)/b19-16-,25-24-,46-43+. The summed E-state index contributed by atoms with van der Waals surface area (Å²) in [5, 5.41) is 56.8. The number of rotatable bonds is 50. The molecule has 11 heteroatoms. The van der Waals surface area contributed by atoms with Crippen molar-refractivity contribution < 1.29 is 49.3 Å². The van der Waals surface area contributed by atoms with Crippen LogP contribution in [-0.4, -0.2) is 99.6 Å². The largest absolute Gasteiger partial charge is 0.454 e. The van der Waals surface area contributed by atoms with E-state index in [2.05, 4.69) is 50.4 Å². The van der Waals surface area contributed by atoms with E-state index in [0.717, 1.165) is 70.6 Å². The van der Waals surface area contributed by atoms with Crippen LogP contribution in [0.5, 0.6) is 0 Å². The molecule has 0 bridgehead atoms. The Balaban J connectivity index is 2.71. The van der Waals surface area contributed by atoms with Gasteiger partial charge in [-0.15, -0.1) is 0 Å². The van der Waals surface area contributed by atoms with Gasteiger partial charge < -0.3 is 45.1 Å². The van der Waals surface area contributed by atoms with Gasteiger partial charge >= 0.3 is 5.97 Å². The van der Waals surface area contributed by atoms with Gasteiger partial charge in [0, 0.05) is 6.42 Å². The number of amides is 1. The van der Waals surface area contributed by atoms with Crippen molar-refractivity contribution in [2.24, 2.45) is 0 Å². The minimum atomic E-state index is -1.61. The highest BCUT2D eigenvalue weighted by Gasteiger charge is 2.47. The second-order valence-corrected chi connectivity index (χ2v) is 20.7. The van der Waals surface area contributed by atoms with E-state index in [0.29, 0.717) is 12.8 Å². The first-order valence-electron chi connectivity index (χ1n) is 29.8. The lowest BCUT2D eigenvalue weighted by Crippen LogP contribution is -2.61. The summed E-state index contributed by atoms with van der Waals surface area (Å²) in [6, 6.07) is -1.02. The Morgan fingerprint density at radius 3 is 1.46 bits per heavy atom. The van der Waals surface area contributed by atoms with Crippen molar-refractivity contribution in [2.75, 3.05) is 13.2 Å². The average molecular weight is 1010 g/mol. The molecule has 1 aliphatic heterocycles. The van der Waals surface area contributed by atoms with Gasteiger partial charge in [-0.25, -0.2) is 0 Å². The average Bonchev–Trinajstić information content (AvgIpc) is 3.37. The molecule has 11 nitrogen and oxygen atoms in total. The summed E-state index contributed by atoms with van der Waals surface area (Å²) in [6.45, 7) is 5.75. The fourth-order valence-corrected chi connectivity index (χ4v) is 9.27. The molecule has 0 aromatic rings. The maximum absolute atomic E-state index is 13.4. The smallest absolute Gasteiger partial charge is 0.306 e. The zero-order valence-corrected chi connectivity index (χ0v) is 45.9. The Hall–Kier alpha value is -2.12. The van der Waals surface area contributed by atoms with Crippen LogP contribution in [0, 0.1) is 0 Å². The Morgan fingerprint density at radius 2 is 0.972 bits per heavy atom. The molecule has 1 fully saturated rings. The molecule has 1 aliphatic rings. The second-order valence-electron chi connectivity index (χ2n) is 20.7. The first kappa shape index (κ1) is 66.9. The van der Waals surface area contributed by atoms with E-state index >= 15 is 0 Å². The van der Waals surface area contributed by atoms with Gasteiger partial charge in [0.2, 0.25) is 5.91 Å². The number of allylic oxidation sites excluding steroid dienone is 5. The normalized spacial score (nSPS) is 19.8. The number of hydrogen-bond donors (Lipinski definition) is 6. The Labute approximate surface area is 434 Å². The van der Waals surface area contributed by atoms with Crippen molar-refractivity contribution in [1.29, 1.82) is 0 Å². The number of carbonyl (C=O) groups excluding carboxylic acids is 2. The third-order valence-electron chi connectivity index (χ3n) is 14.0. The third-order valence-corrected chi connectivity index (χ3v) is 14.0. The van der Waals surface area contributed by atoms with Crippen molar-refractivity contribution in [3.63, 3.8) is 0 Å². The maximum atomic E-state index is 13.4. The zero-order chi connectivity index (χ0) is 51.8. The van der Waals surface area contributed by atoms with E-state index in [-0.39, 0.29) is 19.4 Å². The fraction of sp³-hybridized carbons (Fsp3) is 0.867. The summed E-state index contributed by atoms with van der Waals surface area (Å²) in [4.78, 5) is 26.4. The van der Waals surface area contributed by atoms with Crippen LogP contribution < -0.4 is 5.32 Å². The molecule has 8 atom stereocenters. The SMILES string of the molecule is CCCCC/C=C\C/C=C\CCCCCCCCCCC(O)C(=O)NC(COC1OC(CO)C(O)C(O)C1OC(=O)CCCCCCCCCCCCC)C(O)/C=C/CCCCCCCCCCCCC. The highest BCUT2D eigenvalue weighted by Crippen LogP contribution is 2.26. The molecule has 0 spiro atoms. The van der Waals surface area contributed by atoms with Gasteiger partial charge in [0.05, 0.1) is 25.4 Å². The molecule has 71 heavy (non-hydrogen) atoms. The summed E-state index contributed by atoms with van der Waals surface area (Å²) in [7, 11) is 0. The molecule has 0 saturated carbocycles. The minimum Gasteiger partial charge on any atom is -0.454 e. The molecule has 8 unspecified atom stereocenters. The summed E-state index contributed by atoms with van der Waals surface area (Å²) in [5.74, 6) is -1.19. The van der Waals surface area contributed by atoms with Crippen molar-refractivity contribution in [1.82, 2.24) is 5.32 Å². The van der Waals surface area contributed by atoms with Crippen LogP contribution in [0.2, 0.25) is 0 Å². The predicted octanol–water partition coefficient (Wildman–Crippen LogP) is 13.5. The van der Waals surface area contributed by atoms with Gasteiger partial charge in [0.1, 0.15) is 24.4 Å². The van der Waals surface area contributed by atoms with Crippen LogP contribution >= 0.6 is 0 Å². The molecular formula is C60H111NO10. The van der Waals surface area contributed by atoms with E-state index < -0.39 is 67.4 Å². The zero-order valence-electron chi connectivity index (χ0n) is 45.9. The molecule has 0 aromatic carbocycles. The van der Waals surface area contributed by atoms with Crippen LogP contribution in [0.1, 0.15) is 271 Å². The highest BCUT2D eigenvalue weighted by atomic mass is 16.7. The van der Waals surface area contributed by atoms with Gasteiger partial charge in [-0.2, -0.15) is 0 Å². The number of carbonyl (C=O) groups is 2. The number of aliphatic hydroxyl groups excluding tert-OH is 5. The van der Waals surface area contributed by atoms with E-state index in [1.54, 1.807) is 6.08 Å². The van der Waals surface area contributed by atoms with Crippen LogP contribution in [0.3, 0.4) is 0 Å². The first-order valence-corrected chi connectivity index (χ1v) is 29.8. The summed E-state index contributed by atoms with van der Waals surface area (Å²) < 4.78 is 17.6. The highest BCUT2D eigenvalue weighted by molar-refractivity contribution is 5.80. The Morgan fingerprint density at radius 1 is 0.549 bits per heavy atom. The predicted molar refractivity (Wildman–Crippen MR) is 292 cm³/mol. The number of hydrogen-bond acceptors (Lipinski definition) is 10. The van der Waals surface area contributed by atoms with Crippen molar-refractivity contribution >= 4 is 11.9 Å². The molecule has 1 saturated heterocycles. The van der Waals surface area contributed by atoms with Crippen molar-refractivity contribution in [3.05, 3.63) is 36.5 Å². The Kier molecular flexibility index (Phi) is 46.0. The van der Waals surface area contributed by atoms with Crippen LogP contribution in [0.4, 0.5) is 0 Å². The molecule has 416 valence electrons. The number of ether oxygens (including phenoxy) is 3. The lowest BCUT2D eigenvalue weighted by atomic mass is 9.99. The molecule has 1 amide bonds. The summed E-state index contributed by atoms with van der Waals surface area (Å²) >= 11 is 0. The topological polar surface area (TPSA) is 175 Å². The van der Waals surface area contributed by atoms with Crippen molar-refractivity contribution in [2.45, 2.75) is 320 Å². The van der Waals surface area contributed by atoms with Gasteiger partial charge in [-0.1, -0.05) is 243 Å². The van der Waals surface area contributed by atoms with E-state index in [4.69, 9.17) is 14.2 Å². The van der Waals surface area contributed by atoms with Gasteiger partial charge in [0.15, 0.2) is 12.4 Å². The van der Waals surface area contributed by atoms with E-state index in [1.165, 1.54) is 154 Å². The maximum Gasteiger partial charge on any atom is 0.306 e. The molecule has 0 aromatic heterocycles. The minimum absolute atomic E-state index is 0.127. The molecule has 0 aliphatic carbocycles. The van der Waals surface area contributed by atoms with E-state index in [9.17, 15) is 35.1 Å². The molecule has 1 rings (SSSR count). The van der Waals surface area contributed by atoms with E-state index in [1.807, 2.05) is 6.08 Å². The van der Waals surface area contributed by atoms with Gasteiger partial charge in [0.25, 0.3) is 0 Å². The van der Waals surface area contributed by atoms with Gasteiger partial charge in [-0.3, -0.25) is 9.59 Å². The van der Waals surface area contributed by atoms with Crippen LogP contribution in [-0.2, 0) is 23.8 Å². The van der Waals surface area contributed by atoms with Crippen molar-refractivity contribution in [3.8, 4) is 0 Å². The molecular weight excluding hydrogens is 895 g/mol. The monoisotopic (exact) mass is 1010 g/mol. The first-order chi connectivity index (χ1) is 34.7. The fourth-order valence-electron chi connectivity index (χ4n) is 9.27. The number of nitrogens with one attached hydrogen (secondary N) is 1. The molecule has 6 N–H and O–H groups in total. The number of unbranched alkanes of at least 4 members (excludes halogenated alkanes) is 32. The molecule has 1 heterocycles. The summed E-state index contributed by atoms with van der Waals surface area (Å²) in [5.41, 5.74) is 0. The second kappa shape index (κ2) is 48.8. The van der Waals surface area contributed by atoms with Crippen LogP contribution in [0.15, 0.2) is 36.5 Å². The number of esters is 1. The lowest BCUT2D eigenvalue weighted by Gasteiger charge is -2.41. The third kappa shape index (κ3) is 37.3. The quantitative estimate of drug-likeness (QED) is 0.0195.